The van der Waals surface area contributed by atoms with Gasteiger partial charge >= 0.3 is 0 Å². The predicted molar refractivity (Wildman–Crippen MR) is 108 cm³/mol. The third-order valence-electron chi connectivity index (χ3n) is 4.65. The Bertz CT molecular complexity index is 1040. The number of sulfonamides is 1. The third kappa shape index (κ3) is 3.81. The molecule has 0 saturated heterocycles. The normalized spacial score (nSPS) is 11.7. The molecule has 3 rings (SSSR count). The van der Waals surface area contributed by atoms with Crippen molar-refractivity contribution in [3.8, 4) is 0 Å². The number of rotatable bonds is 6. The van der Waals surface area contributed by atoms with Crippen molar-refractivity contribution in [3.63, 3.8) is 0 Å². The first-order chi connectivity index (χ1) is 13.3. The molecule has 0 aliphatic carbocycles. The summed E-state index contributed by atoms with van der Waals surface area (Å²) in [5, 5.41) is 11.2. The molecule has 144 valence electrons. The Labute approximate surface area is 164 Å². The van der Waals surface area contributed by atoms with Gasteiger partial charge in [-0.1, -0.05) is 66.7 Å². The molecule has 0 atom stereocenters. The highest BCUT2D eigenvalue weighted by atomic mass is 32.2. The van der Waals surface area contributed by atoms with E-state index in [4.69, 9.17) is 0 Å². The fraction of sp³-hybridized carbons (Fsp3) is 0.143. The molecule has 0 aliphatic rings. The van der Waals surface area contributed by atoms with Gasteiger partial charge in [-0.3, -0.25) is 10.1 Å². The summed E-state index contributed by atoms with van der Waals surface area (Å²) in [5.41, 5.74) is 1.81. The lowest BCUT2D eigenvalue weighted by atomic mass is 9.99. The smallest absolute Gasteiger partial charge is 0.258 e. The van der Waals surface area contributed by atoms with Crippen LogP contribution in [0.4, 0.5) is 5.69 Å². The molecule has 3 aromatic carbocycles. The molecule has 0 spiro atoms. The quantitative estimate of drug-likeness (QED) is 0.459. The van der Waals surface area contributed by atoms with E-state index < -0.39 is 21.0 Å². The van der Waals surface area contributed by atoms with Crippen LogP contribution < -0.4 is 0 Å². The maximum Gasteiger partial charge on any atom is 0.273 e. The van der Waals surface area contributed by atoms with E-state index in [9.17, 15) is 18.5 Å². The average molecular weight is 396 g/mol. The Morgan fingerprint density at radius 2 is 1.39 bits per heavy atom. The topological polar surface area (TPSA) is 80.5 Å². The van der Waals surface area contributed by atoms with Gasteiger partial charge in [0.15, 0.2) is 0 Å². The first-order valence-electron chi connectivity index (χ1n) is 8.65. The summed E-state index contributed by atoms with van der Waals surface area (Å²) in [6, 6.07) is 22.0. The van der Waals surface area contributed by atoms with Crippen molar-refractivity contribution in [2.45, 2.75) is 17.9 Å². The first-order valence-corrected chi connectivity index (χ1v) is 10.1. The van der Waals surface area contributed by atoms with Crippen LogP contribution in [0.15, 0.2) is 83.8 Å². The summed E-state index contributed by atoms with van der Waals surface area (Å²) in [6.45, 7) is 1.58. The number of hydrogen-bond acceptors (Lipinski definition) is 4. The second kappa shape index (κ2) is 7.92. The van der Waals surface area contributed by atoms with Crippen LogP contribution in [0.25, 0.3) is 0 Å². The summed E-state index contributed by atoms with van der Waals surface area (Å²) >= 11 is 0. The molecule has 0 N–H and O–H groups in total. The fourth-order valence-corrected chi connectivity index (χ4v) is 4.49. The lowest BCUT2D eigenvalue weighted by Gasteiger charge is -2.28. The van der Waals surface area contributed by atoms with Gasteiger partial charge in [0.05, 0.1) is 15.9 Å². The zero-order valence-electron chi connectivity index (χ0n) is 15.5. The van der Waals surface area contributed by atoms with Gasteiger partial charge in [-0.15, -0.1) is 0 Å². The highest BCUT2D eigenvalue weighted by Gasteiger charge is 2.31. The molecule has 0 aliphatic heterocycles. The second-order valence-electron chi connectivity index (χ2n) is 6.45. The Morgan fingerprint density at radius 3 is 1.86 bits per heavy atom. The zero-order valence-corrected chi connectivity index (χ0v) is 16.3. The third-order valence-corrected chi connectivity index (χ3v) is 6.47. The minimum Gasteiger partial charge on any atom is -0.258 e. The average Bonchev–Trinajstić information content (AvgIpc) is 2.69. The van der Waals surface area contributed by atoms with E-state index in [1.54, 1.807) is 6.92 Å². The number of nitro benzene ring substituents is 1. The first kappa shape index (κ1) is 19.7. The van der Waals surface area contributed by atoms with Gasteiger partial charge in [0.1, 0.15) is 0 Å². The summed E-state index contributed by atoms with van der Waals surface area (Å²) in [7, 11) is -2.49. The van der Waals surface area contributed by atoms with Gasteiger partial charge in [0, 0.05) is 18.7 Å². The second-order valence-corrected chi connectivity index (χ2v) is 8.45. The van der Waals surface area contributed by atoms with Crippen LogP contribution in [0.3, 0.4) is 0 Å². The Kier molecular flexibility index (Phi) is 5.58. The van der Waals surface area contributed by atoms with Crippen molar-refractivity contribution in [1.29, 1.82) is 0 Å². The van der Waals surface area contributed by atoms with Gasteiger partial charge in [0.25, 0.3) is 5.69 Å². The lowest BCUT2D eigenvalue weighted by molar-refractivity contribution is -0.385. The van der Waals surface area contributed by atoms with Gasteiger partial charge in [0.2, 0.25) is 10.0 Å². The molecular weight excluding hydrogens is 376 g/mol. The molecule has 3 aromatic rings. The van der Waals surface area contributed by atoms with Gasteiger partial charge < -0.3 is 0 Å². The van der Waals surface area contributed by atoms with Crippen molar-refractivity contribution in [2.24, 2.45) is 0 Å². The fourth-order valence-electron chi connectivity index (χ4n) is 3.13. The van der Waals surface area contributed by atoms with Crippen LogP contribution in [-0.4, -0.2) is 24.7 Å². The summed E-state index contributed by atoms with van der Waals surface area (Å²) < 4.78 is 27.9. The van der Waals surface area contributed by atoms with E-state index in [1.807, 2.05) is 60.7 Å². The van der Waals surface area contributed by atoms with Crippen LogP contribution in [0.2, 0.25) is 0 Å². The maximum absolute atomic E-state index is 13.3. The standard InChI is InChI=1S/C21H20N2O4S/c1-16-13-14-19(15-20(16)23(24)25)28(26,27)22(2)21(17-9-5-3-6-10-17)18-11-7-4-8-12-18/h3-15,21H,1-2H3. The number of aryl methyl sites for hydroxylation is 1. The van der Waals surface area contributed by atoms with Crippen molar-refractivity contribution in [3.05, 3.63) is 106 Å². The molecule has 0 bridgehead atoms. The van der Waals surface area contributed by atoms with Gasteiger partial charge in [-0.2, -0.15) is 4.31 Å². The number of hydrogen-bond donors (Lipinski definition) is 0. The van der Waals surface area contributed by atoms with E-state index in [0.29, 0.717) is 5.56 Å². The maximum atomic E-state index is 13.3. The lowest BCUT2D eigenvalue weighted by Crippen LogP contribution is -2.32. The van der Waals surface area contributed by atoms with E-state index >= 15 is 0 Å². The molecule has 6 nitrogen and oxygen atoms in total. The molecular formula is C21H20N2O4S. The van der Waals surface area contributed by atoms with Gasteiger partial charge in [-0.25, -0.2) is 8.42 Å². The molecule has 0 aromatic heterocycles. The van der Waals surface area contributed by atoms with Crippen molar-refractivity contribution in [1.82, 2.24) is 4.31 Å². The van der Waals surface area contributed by atoms with Crippen LogP contribution in [0, 0.1) is 17.0 Å². The number of benzene rings is 3. The minimum atomic E-state index is -3.98. The van der Waals surface area contributed by atoms with Crippen LogP contribution in [-0.2, 0) is 10.0 Å². The van der Waals surface area contributed by atoms with Crippen LogP contribution >= 0.6 is 0 Å². The Balaban J connectivity index is 2.11. The summed E-state index contributed by atoms with van der Waals surface area (Å²) in [6.07, 6.45) is 0. The number of nitro groups is 1. The SMILES string of the molecule is Cc1ccc(S(=O)(=O)N(C)C(c2ccccc2)c2ccccc2)cc1[N+](=O)[O-]. The molecule has 0 amide bonds. The molecule has 0 radical (unpaired) electrons. The van der Waals surface area contributed by atoms with Crippen molar-refractivity contribution < 1.29 is 13.3 Å². The highest BCUT2D eigenvalue weighted by molar-refractivity contribution is 7.89. The van der Waals surface area contributed by atoms with Crippen LogP contribution in [0.5, 0.6) is 0 Å². The van der Waals surface area contributed by atoms with E-state index in [2.05, 4.69) is 0 Å². The monoisotopic (exact) mass is 396 g/mol. The van der Waals surface area contributed by atoms with Crippen molar-refractivity contribution >= 4 is 15.7 Å². The predicted octanol–water partition coefficient (Wildman–Crippen LogP) is 4.31. The zero-order chi connectivity index (χ0) is 20.3. The van der Waals surface area contributed by atoms with Crippen molar-refractivity contribution in [2.75, 3.05) is 7.05 Å². The highest BCUT2D eigenvalue weighted by Crippen LogP contribution is 2.33. The Hall–Kier alpha value is -3.03. The minimum absolute atomic E-state index is 0.107. The Morgan fingerprint density at radius 1 is 0.893 bits per heavy atom. The molecule has 28 heavy (non-hydrogen) atoms. The van der Waals surface area contributed by atoms with Gasteiger partial charge in [-0.05, 0) is 24.1 Å². The largest absolute Gasteiger partial charge is 0.273 e. The molecule has 0 unspecified atom stereocenters. The molecule has 0 heterocycles. The van der Waals surface area contributed by atoms with E-state index in [0.717, 1.165) is 17.2 Å². The summed E-state index contributed by atoms with van der Waals surface area (Å²) in [4.78, 5) is 10.6. The van der Waals surface area contributed by atoms with Crippen LogP contribution in [0.1, 0.15) is 22.7 Å². The molecule has 0 saturated carbocycles. The van der Waals surface area contributed by atoms with E-state index in [-0.39, 0.29) is 10.6 Å². The van der Waals surface area contributed by atoms with E-state index in [1.165, 1.54) is 23.5 Å². The number of nitrogens with zero attached hydrogens (tertiary/aromatic N) is 2. The molecule has 7 heteroatoms. The summed E-state index contributed by atoms with van der Waals surface area (Å²) in [5.74, 6) is 0. The molecule has 0 fully saturated rings.